The van der Waals surface area contributed by atoms with Crippen molar-refractivity contribution in [1.82, 2.24) is 0 Å². The third-order valence-electron chi connectivity index (χ3n) is 0.875. The van der Waals surface area contributed by atoms with E-state index in [0.717, 1.165) is 19.0 Å². The van der Waals surface area contributed by atoms with Gasteiger partial charge in [-0.3, -0.25) is 0 Å². The second-order valence-corrected chi connectivity index (χ2v) is 3.43. The van der Waals surface area contributed by atoms with Crippen LogP contribution in [0.1, 0.15) is 12.8 Å². The number of nitrogens with two attached hydrogens (primary N) is 1. The fourth-order valence-electron chi connectivity index (χ4n) is 0.442. The maximum Gasteiger partial charge on any atom is 0.251 e. The highest BCUT2D eigenvalue weighted by Gasteiger charge is 1.89. The van der Waals surface area contributed by atoms with Gasteiger partial charge in [-0.2, -0.15) is 0 Å². The van der Waals surface area contributed by atoms with Gasteiger partial charge >= 0.3 is 0 Å². The van der Waals surface area contributed by atoms with Crippen LogP contribution < -0.4 is 5.73 Å². The van der Waals surface area contributed by atoms with Crippen LogP contribution in [-0.4, -0.2) is 22.6 Å². The molecule has 0 saturated carbocycles. The molecule has 54 valence electrons. The molecule has 0 aliphatic carbocycles. The minimum absolute atomic E-state index is 0.649. The van der Waals surface area contributed by atoms with Crippen molar-refractivity contribution in [3.63, 3.8) is 0 Å². The van der Waals surface area contributed by atoms with Gasteiger partial charge in [-0.25, -0.2) is 0 Å². The van der Waals surface area contributed by atoms with Crippen LogP contribution >= 0.6 is 12.0 Å². The fourth-order valence-corrected chi connectivity index (χ4v) is 1.64. The highest BCUT2D eigenvalue weighted by atomic mass is 32.2. The Kier molecular flexibility index (Phi) is 8.95. The highest BCUT2D eigenvalue weighted by Crippen LogP contribution is 1.98. The minimum atomic E-state index is 0.649. The summed E-state index contributed by atoms with van der Waals surface area (Å²) in [6.45, 7) is 0.809. The van der Waals surface area contributed by atoms with Crippen molar-refractivity contribution in [3.8, 4) is 0 Å². The second-order valence-electron chi connectivity index (χ2n) is 1.64. The SMILES string of the molecule is CSO[Si]CCCCN. The van der Waals surface area contributed by atoms with E-state index in [-0.39, 0.29) is 0 Å². The lowest BCUT2D eigenvalue weighted by Gasteiger charge is -1.95. The van der Waals surface area contributed by atoms with E-state index in [0.29, 0.717) is 9.76 Å². The Morgan fingerprint density at radius 2 is 2.33 bits per heavy atom. The van der Waals surface area contributed by atoms with E-state index in [4.69, 9.17) is 9.61 Å². The molecule has 4 heteroatoms. The molecule has 0 aliphatic rings. The number of hydrogen-bond acceptors (Lipinski definition) is 3. The zero-order valence-corrected chi connectivity index (χ0v) is 7.54. The maximum atomic E-state index is 5.30. The standard InChI is InChI=1S/C5H13NOSSi/c1-8-7-9-5-3-2-4-6/h2-6H2,1H3. The Bertz CT molecular complexity index is 50.2. The Balaban J connectivity index is 2.60. The van der Waals surface area contributed by atoms with Crippen molar-refractivity contribution in [2.24, 2.45) is 5.73 Å². The molecule has 0 spiro atoms. The largest absolute Gasteiger partial charge is 0.358 e. The van der Waals surface area contributed by atoms with Gasteiger partial charge in [-0.15, -0.1) is 0 Å². The maximum absolute atomic E-state index is 5.30. The first kappa shape index (κ1) is 9.49. The van der Waals surface area contributed by atoms with Crippen LogP contribution in [0.15, 0.2) is 0 Å². The molecular formula is C5H13NOSSi. The first-order chi connectivity index (χ1) is 4.41. The van der Waals surface area contributed by atoms with E-state index in [2.05, 4.69) is 0 Å². The third kappa shape index (κ3) is 8.49. The zero-order valence-electron chi connectivity index (χ0n) is 5.72. The van der Waals surface area contributed by atoms with Gasteiger partial charge in [0.2, 0.25) is 0 Å². The summed E-state index contributed by atoms with van der Waals surface area (Å²) in [6.07, 6.45) is 4.27. The number of unbranched alkanes of at least 4 members (excludes halogenated alkanes) is 1. The molecule has 0 heterocycles. The average Bonchev–Trinajstić information content (AvgIpc) is 1.89. The van der Waals surface area contributed by atoms with Crippen LogP contribution in [0.5, 0.6) is 0 Å². The second kappa shape index (κ2) is 8.49. The molecule has 0 aromatic rings. The van der Waals surface area contributed by atoms with Gasteiger partial charge in [-0.1, -0.05) is 6.42 Å². The summed E-state index contributed by atoms with van der Waals surface area (Å²) in [5, 5.41) is 0. The molecular weight excluding hydrogens is 150 g/mol. The van der Waals surface area contributed by atoms with Gasteiger partial charge in [0.25, 0.3) is 9.76 Å². The molecule has 0 bridgehead atoms. The molecule has 2 radical (unpaired) electrons. The summed E-state index contributed by atoms with van der Waals surface area (Å²) in [7, 11) is 0.649. The minimum Gasteiger partial charge on any atom is -0.358 e. The van der Waals surface area contributed by atoms with Crippen LogP contribution in [0.3, 0.4) is 0 Å². The monoisotopic (exact) mass is 163 g/mol. The Hall–Kier alpha value is 0.487. The Labute approximate surface area is 63.7 Å². The van der Waals surface area contributed by atoms with Gasteiger partial charge < -0.3 is 9.61 Å². The van der Waals surface area contributed by atoms with Crippen LogP contribution in [0.2, 0.25) is 6.04 Å². The lowest BCUT2D eigenvalue weighted by atomic mass is 10.3. The van der Waals surface area contributed by atoms with Crippen molar-refractivity contribution >= 4 is 21.8 Å². The lowest BCUT2D eigenvalue weighted by Crippen LogP contribution is -1.99. The van der Waals surface area contributed by atoms with Gasteiger partial charge in [0, 0.05) is 6.26 Å². The van der Waals surface area contributed by atoms with Crippen molar-refractivity contribution in [2.45, 2.75) is 18.9 Å². The first-order valence-electron chi connectivity index (χ1n) is 3.04. The average molecular weight is 163 g/mol. The lowest BCUT2D eigenvalue weighted by molar-refractivity contribution is 0.681. The first-order valence-corrected chi connectivity index (χ1v) is 5.31. The van der Waals surface area contributed by atoms with E-state index < -0.39 is 0 Å². The summed E-state index contributed by atoms with van der Waals surface area (Å²) < 4.78 is 5.08. The molecule has 0 atom stereocenters. The third-order valence-corrected chi connectivity index (χ3v) is 2.57. The van der Waals surface area contributed by atoms with E-state index in [1.165, 1.54) is 18.5 Å². The molecule has 0 aromatic heterocycles. The van der Waals surface area contributed by atoms with Gasteiger partial charge in [0.15, 0.2) is 0 Å². The fraction of sp³-hybridized carbons (Fsp3) is 1.00. The summed E-state index contributed by atoms with van der Waals surface area (Å²) in [5.74, 6) is 0. The molecule has 0 amide bonds. The highest BCUT2D eigenvalue weighted by molar-refractivity contribution is 7.94. The predicted molar refractivity (Wildman–Crippen MR) is 43.4 cm³/mol. The van der Waals surface area contributed by atoms with Crippen molar-refractivity contribution in [2.75, 3.05) is 12.8 Å². The molecule has 2 N–H and O–H groups in total. The van der Waals surface area contributed by atoms with Crippen molar-refractivity contribution in [1.29, 1.82) is 0 Å². The topological polar surface area (TPSA) is 35.2 Å². The van der Waals surface area contributed by atoms with Gasteiger partial charge in [0.05, 0.1) is 0 Å². The number of hydrogen-bond donors (Lipinski definition) is 1. The van der Waals surface area contributed by atoms with Crippen LogP contribution in [0, 0.1) is 0 Å². The molecule has 0 unspecified atom stereocenters. The van der Waals surface area contributed by atoms with Crippen LogP contribution in [0.25, 0.3) is 0 Å². The van der Waals surface area contributed by atoms with E-state index >= 15 is 0 Å². The predicted octanol–water partition coefficient (Wildman–Crippen LogP) is 1.06. The Morgan fingerprint density at radius 1 is 1.56 bits per heavy atom. The van der Waals surface area contributed by atoms with Gasteiger partial charge in [0.1, 0.15) is 0 Å². The normalized spacial score (nSPS) is 10.0. The summed E-state index contributed by atoms with van der Waals surface area (Å²) in [5.41, 5.74) is 5.30. The van der Waals surface area contributed by atoms with E-state index in [1.807, 2.05) is 6.26 Å². The van der Waals surface area contributed by atoms with E-state index in [9.17, 15) is 0 Å². The molecule has 0 aliphatic heterocycles. The van der Waals surface area contributed by atoms with E-state index in [1.54, 1.807) is 0 Å². The zero-order chi connectivity index (χ0) is 6.95. The van der Waals surface area contributed by atoms with Crippen molar-refractivity contribution < 1.29 is 3.87 Å². The summed E-state index contributed by atoms with van der Waals surface area (Å²) >= 11 is 1.44. The molecule has 0 fully saturated rings. The molecule has 0 aromatic carbocycles. The molecule has 2 nitrogen and oxygen atoms in total. The summed E-state index contributed by atoms with van der Waals surface area (Å²) in [4.78, 5) is 0. The van der Waals surface area contributed by atoms with Crippen LogP contribution in [-0.2, 0) is 3.87 Å². The van der Waals surface area contributed by atoms with Gasteiger partial charge in [-0.05, 0) is 31.1 Å². The number of rotatable bonds is 6. The molecule has 0 saturated heterocycles. The summed E-state index contributed by atoms with van der Waals surface area (Å²) in [6, 6.07) is 1.16. The molecule has 9 heavy (non-hydrogen) atoms. The smallest absolute Gasteiger partial charge is 0.251 e. The van der Waals surface area contributed by atoms with Crippen LogP contribution in [0.4, 0.5) is 0 Å². The quantitative estimate of drug-likeness (QED) is 0.361. The molecule has 0 rings (SSSR count). The Morgan fingerprint density at radius 3 is 2.89 bits per heavy atom. The van der Waals surface area contributed by atoms with Crippen molar-refractivity contribution in [3.05, 3.63) is 0 Å².